The van der Waals surface area contributed by atoms with Gasteiger partial charge in [-0.3, -0.25) is 19.5 Å². The highest BCUT2D eigenvalue weighted by molar-refractivity contribution is 6.21. The smallest absolute Gasteiger partial charge is 0.338 e. The maximum Gasteiger partial charge on any atom is 0.338 e. The first-order valence-corrected chi connectivity index (χ1v) is 11.1. The zero-order valence-corrected chi connectivity index (χ0v) is 18.4. The number of amides is 2. The van der Waals surface area contributed by atoms with Gasteiger partial charge in [-0.05, 0) is 55.7 Å². The highest BCUT2D eigenvalue weighted by Crippen LogP contribution is 2.26. The number of benzene rings is 2. The largest absolute Gasteiger partial charge is 0.462 e. The third-order valence-electron chi connectivity index (χ3n) is 5.68. The van der Waals surface area contributed by atoms with Crippen molar-refractivity contribution in [3.8, 4) is 0 Å². The first-order chi connectivity index (χ1) is 16.0. The Morgan fingerprint density at radius 2 is 1.76 bits per heavy atom. The standard InChI is InChI=1S/C24H26N4O5/c1-2-33-24(32)16-9-10-21(25-26-27-11-5-6-12-27)17(13-16)14-18(29)15-28-22(30)19-7-3-4-8-20(19)23(28)31/h3-4,7-10,13,18,29H,2,5-6,11-12,14-15H2,1H3. The van der Waals surface area contributed by atoms with E-state index in [2.05, 4.69) is 10.3 Å². The molecule has 172 valence electrons. The summed E-state index contributed by atoms with van der Waals surface area (Å²) in [5.74, 6) is -1.33. The van der Waals surface area contributed by atoms with E-state index in [1.54, 1.807) is 49.4 Å². The lowest BCUT2D eigenvalue weighted by Crippen LogP contribution is -2.37. The fraction of sp³-hybridized carbons (Fsp3) is 0.375. The maximum atomic E-state index is 12.6. The number of carbonyl (C=O) groups excluding carboxylic acids is 3. The van der Waals surface area contributed by atoms with Crippen molar-refractivity contribution in [2.24, 2.45) is 10.3 Å². The van der Waals surface area contributed by atoms with E-state index in [1.165, 1.54) is 0 Å². The number of fused-ring (bicyclic) bond motifs is 1. The molecule has 1 N–H and O–H groups in total. The number of aliphatic hydroxyl groups excluding tert-OH is 1. The third-order valence-corrected chi connectivity index (χ3v) is 5.68. The number of rotatable bonds is 8. The van der Waals surface area contributed by atoms with Gasteiger partial charge >= 0.3 is 5.97 Å². The minimum atomic E-state index is -1.05. The lowest BCUT2D eigenvalue weighted by molar-refractivity contribution is 0.0524. The van der Waals surface area contributed by atoms with Crippen LogP contribution in [0.4, 0.5) is 5.69 Å². The molecule has 1 saturated heterocycles. The van der Waals surface area contributed by atoms with Crippen molar-refractivity contribution in [1.82, 2.24) is 9.91 Å². The molecule has 33 heavy (non-hydrogen) atoms. The van der Waals surface area contributed by atoms with E-state index < -0.39 is 23.9 Å². The van der Waals surface area contributed by atoms with Gasteiger partial charge in [0.15, 0.2) is 0 Å². The summed E-state index contributed by atoms with van der Waals surface area (Å²) in [6, 6.07) is 11.5. The predicted molar refractivity (Wildman–Crippen MR) is 119 cm³/mol. The highest BCUT2D eigenvalue weighted by atomic mass is 16.5. The van der Waals surface area contributed by atoms with Crippen LogP contribution >= 0.6 is 0 Å². The van der Waals surface area contributed by atoms with Crippen LogP contribution in [0, 0.1) is 0 Å². The molecule has 1 unspecified atom stereocenters. The van der Waals surface area contributed by atoms with E-state index in [0.717, 1.165) is 30.8 Å². The van der Waals surface area contributed by atoms with Crippen molar-refractivity contribution < 1.29 is 24.2 Å². The topological polar surface area (TPSA) is 112 Å². The quantitative estimate of drug-likeness (QED) is 0.376. The van der Waals surface area contributed by atoms with E-state index in [0.29, 0.717) is 27.9 Å². The minimum Gasteiger partial charge on any atom is -0.462 e. The Morgan fingerprint density at radius 3 is 2.39 bits per heavy atom. The summed E-state index contributed by atoms with van der Waals surface area (Å²) >= 11 is 0. The Hall–Kier alpha value is -3.59. The summed E-state index contributed by atoms with van der Waals surface area (Å²) in [5, 5.41) is 21.2. The van der Waals surface area contributed by atoms with Gasteiger partial charge in [0, 0.05) is 19.5 Å². The van der Waals surface area contributed by atoms with Gasteiger partial charge < -0.3 is 9.84 Å². The van der Waals surface area contributed by atoms with Gasteiger partial charge in [-0.1, -0.05) is 17.4 Å². The second-order valence-electron chi connectivity index (χ2n) is 8.04. The van der Waals surface area contributed by atoms with Gasteiger partial charge in [0.25, 0.3) is 11.8 Å². The second kappa shape index (κ2) is 9.91. The molecule has 0 aromatic heterocycles. The Kier molecular flexibility index (Phi) is 6.79. The number of nitrogens with zero attached hydrogens (tertiary/aromatic N) is 4. The summed E-state index contributed by atoms with van der Waals surface area (Å²) in [5.41, 5.74) is 2.09. The van der Waals surface area contributed by atoms with Gasteiger partial charge in [-0.15, -0.1) is 5.11 Å². The Morgan fingerprint density at radius 1 is 1.09 bits per heavy atom. The number of hydrogen-bond donors (Lipinski definition) is 1. The number of hydrogen-bond acceptors (Lipinski definition) is 7. The molecule has 1 atom stereocenters. The molecule has 9 nitrogen and oxygen atoms in total. The fourth-order valence-corrected chi connectivity index (χ4v) is 4.02. The molecule has 2 amide bonds. The second-order valence-corrected chi connectivity index (χ2v) is 8.04. The van der Waals surface area contributed by atoms with Crippen LogP contribution in [0.2, 0.25) is 0 Å². The molecule has 4 rings (SSSR count). The van der Waals surface area contributed by atoms with Crippen LogP contribution in [-0.2, 0) is 11.2 Å². The first kappa shape index (κ1) is 22.6. The van der Waals surface area contributed by atoms with E-state index in [4.69, 9.17) is 4.74 Å². The van der Waals surface area contributed by atoms with E-state index in [1.807, 2.05) is 5.01 Å². The van der Waals surface area contributed by atoms with E-state index >= 15 is 0 Å². The summed E-state index contributed by atoms with van der Waals surface area (Å²) in [4.78, 5) is 38.5. The highest BCUT2D eigenvalue weighted by Gasteiger charge is 2.36. The van der Waals surface area contributed by atoms with E-state index in [-0.39, 0.29) is 19.6 Å². The van der Waals surface area contributed by atoms with Crippen LogP contribution < -0.4 is 0 Å². The van der Waals surface area contributed by atoms with Crippen molar-refractivity contribution in [3.63, 3.8) is 0 Å². The normalized spacial score (nSPS) is 16.5. The first-order valence-electron chi connectivity index (χ1n) is 11.1. The molecular weight excluding hydrogens is 424 g/mol. The molecule has 2 aliphatic heterocycles. The van der Waals surface area contributed by atoms with Crippen LogP contribution in [-0.4, -0.2) is 65.1 Å². The molecule has 0 bridgehead atoms. The Labute approximate surface area is 191 Å². The van der Waals surface area contributed by atoms with Gasteiger partial charge in [0.05, 0.1) is 41.6 Å². The predicted octanol–water partition coefficient (Wildman–Crippen LogP) is 3.16. The fourth-order valence-electron chi connectivity index (χ4n) is 4.02. The summed E-state index contributed by atoms with van der Waals surface area (Å²) in [6.07, 6.45) is 1.15. The van der Waals surface area contributed by atoms with Crippen LogP contribution in [0.3, 0.4) is 0 Å². The molecule has 0 aliphatic carbocycles. The average molecular weight is 450 g/mol. The summed E-state index contributed by atoms with van der Waals surface area (Å²) < 4.78 is 5.08. The lowest BCUT2D eigenvalue weighted by Gasteiger charge is -2.19. The molecule has 0 spiro atoms. The van der Waals surface area contributed by atoms with Gasteiger partial charge in [0.1, 0.15) is 0 Å². The number of esters is 1. The lowest BCUT2D eigenvalue weighted by atomic mass is 10.0. The minimum absolute atomic E-state index is 0.0784. The molecule has 9 heteroatoms. The summed E-state index contributed by atoms with van der Waals surface area (Å²) in [7, 11) is 0. The molecule has 1 fully saturated rings. The SMILES string of the molecule is CCOC(=O)c1ccc(N=NN2CCCC2)c(CC(O)CN2C(=O)c3ccccc3C2=O)c1. The maximum absolute atomic E-state index is 12.6. The van der Waals surface area contributed by atoms with Crippen LogP contribution in [0.15, 0.2) is 52.8 Å². The number of ether oxygens (including phenoxy) is 1. The van der Waals surface area contributed by atoms with Gasteiger partial charge in [-0.2, -0.15) is 0 Å². The number of imide groups is 1. The van der Waals surface area contributed by atoms with Gasteiger partial charge in [0.2, 0.25) is 0 Å². The number of aliphatic hydroxyl groups is 1. The molecule has 2 aromatic rings. The van der Waals surface area contributed by atoms with Crippen LogP contribution in [0.1, 0.15) is 56.4 Å². The number of carbonyl (C=O) groups is 3. The monoisotopic (exact) mass is 450 g/mol. The molecule has 2 aliphatic rings. The van der Waals surface area contributed by atoms with Crippen molar-refractivity contribution >= 4 is 23.5 Å². The molecular formula is C24H26N4O5. The average Bonchev–Trinajstić information content (AvgIpc) is 3.42. The Bertz CT molecular complexity index is 1060. The third kappa shape index (κ3) is 4.93. The Balaban J connectivity index is 1.53. The van der Waals surface area contributed by atoms with Crippen LogP contribution in [0.5, 0.6) is 0 Å². The van der Waals surface area contributed by atoms with Crippen molar-refractivity contribution in [1.29, 1.82) is 0 Å². The van der Waals surface area contributed by atoms with Crippen molar-refractivity contribution in [2.75, 3.05) is 26.2 Å². The van der Waals surface area contributed by atoms with Crippen LogP contribution in [0.25, 0.3) is 0 Å². The molecule has 0 radical (unpaired) electrons. The van der Waals surface area contributed by atoms with E-state index in [9.17, 15) is 19.5 Å². The molecule has 2 aromatic carbocycles. The van der Waals surface area contributed by atoms with Gasteiger partial charge in [-0.25, -0.2) is 4.79 Å². The summed E-state index contributed by atoms with van der Waals surface area (Å²) in [6.45, 7) is 3.47. The van der Waals surface area contributed by atoms with Crippen molar-refractivity contribution in [2.45, 2.75) is 32.3 Å². The zero-order chi connectivity index (χ0) is 23.4. The zero-order valence-electron chi connectivity index (χ0n) is 18.4. The number of β-amino-alcohol motifs (C(OH)–C–C–N with tert-alkyl or cyclic N) is 1. The molecule has 0 saturated carbocycles. The molecule has 2 heterocycles. The van der Waals surface area contributed by atoms with Crippen molar-refractivity contribution in [3.05, 3.63) is 64.7 Å².